The van der Waals surface area contributed by atoms with Gasteiger partial charge in [-0.2, -0.15) is 0 Å². The van der Waals surface area contributed by atoms with E-state index in [1.165, 1.54) is 31.4 Å². The van der Waals surface area contributed by atoms with E-state index in [-0.39, 0.29) is 11.4 Å². The van der Waals surface area contributed by atoms with Crippen LogP contribution in [0, 0.1) is 10.1 Å². The predicted octanol–water partition coefficient (Wildman–Crippen LogP) is 3.29. The molecule has 0 saturated carbocycles. The number of nitro groups is 1. The van der Waals surface area contributed by atoms with Crippen molar-refractivity contribution in [3.8, 4) is 5.75 Å². The van der Waals surface area contributed by atoms with Crippen LogP contribution < -0.4 is 15.4 Å². The van der Waals surface area contributed by atoms with E-state index >= 15 is 0 Å². The van der Waals surface area contributed by atoms with Crippen molar-refractivity contribution in [1.82, 2.24) is 10.6 Å². The molecule has 0 aliphatic rings. The standard InChI is InChI=1S/C21H23N3O5/c1-3-4-12-22-21(26)19(14-15-6-5-7-17(13-15)24(27)28)23-20(25)16-8-10-18(29-2)11-9-16/h5-11,13-14H,3-4,12H2,1-2H3,(H,22,26)(H,23,25)/b19-14-. The van der Waals surface area contributed by atoms with Gasteiger partial charge in [-0.25, -0.2) is 0 Å². The molecule has 2 amide bonds. The molecule has 0 heterocycles. The number of hydrogen-bond donors (Lipinski definition) is 2. The van der Waals surface area contributed by atoms with Gasteiger partial charge in [0, 0.05) is 24.2 Å². The summed E-state index contributed by atoms with van der Waals surface area (Å²) < 4.78 is 5.07. The van der Waals surface area contributed by atoms with Crippen molar-refractivity contribution in [3.63, 3.8) is 0 Å². The SMILES string of the molecule is CCCCNC(=O)/C(=C/c1cccc([N+](=O)[O-])c1)NC(=O)c1ccc(OC)cc1. The highest BCUT2D eigenvalue weighted by molar-refractivity contribution is 6.05. The quantitative estimate of drug-likeness (QED) is 0.292. The average molecular weight is 397 g/mol. The Morgan fingerprint density at radius 2 is 1.90 bits per heavy atom. The Morgan fingerprint density at radius 1 is 1.17 bits per heavy atom. The van der Waals surface area contributed by atoms with Gasteiger partial charge in [-0.3, -0.25) is 19.7 Å². The molecule has 0 bridgehead atoms. The van der Waals surface area contributed by atoms with Gasteiger partial charge in [-0.05, 0) is 42.3 Å². The summed E-state index contributed by atoms with van der Waals surface area (Å²) in [5.74, 6) is -0.340. The monoisotopic (exact) mass is 397 g/mol. The van der Waals surface area contributed by atoms with E-state index < -0.39 is 16.7 Å². The molecular formula is C21H23N3O5. The third-order valence-electron chi connectivity index (χ3n) is 4.05. The zero-order chi connectivity index (χ0) is 21.2. The number of hydrogen-bond acceptors (Lipinski definition) is 5. The highest BCUT2D eigenvalue weighted by Crippen LogP contribution is 2.16. The highest BCUT2D eigenvalue weighted by atomic mass is 16.6. The summed E-state index contributed by atoms with van der Waals surface area (Å²) in [5.41, 5.74) is 0.667. The molecule has 0 spiro atoms. The number of carbonyl (C=O) groups is 2. The first-order chi connectivity index (χ1) is 13.9. The smallest absolute Gasteiger partial charge is 0.270 e. The van der Waals surface area contributed by atoms with Crippen LogP contribution in [0.4, 0.5) is 5.69 Å². The van der Waals surface area contributed by atoms with Gasteiger partial charge in [0.05, 0.1) is 12.0 Å². The summed E-state index contributed by atoms with van der Waals surface area (Å²) in [6.07, 6.45) is 3.11. The molecular weight excluding hydrogens is 374 g/mol. The first-order valence-electron chi connectivity index (χ1n) is 9.14. The van der Waals surface area contributed by atoms with Gasteiger partial charge >= 0.3 is 0 Å². The van der Waals surface area contributed by atoms with Crippen LogP contribution in [-0.4, -0.2) is 30.4 Å². The van der Waals surface area contributed by atoms with Gasteiger partial charge in [0.2, 0.25) is 0 Å². The number of unbranched alkanes of at least 4 members (excludes halogenated alkanes) is 1. The summed E-state index contributed by atoms with van der Waals surface area (Å²) in [7, 11) is 1.52. The molecule has 2 N–H and O–H groups in total. The molecule has 0 aliphatic heterocycles. The zero-order valence-electron chi connectivity index (χ0n) is 16.3. The van der Waals surface area contributed by atoms with Crippen molar-refractivity contribution in [2.24, 2.45) is 0 Å². The van der Waals surface area contributed by atoms with E-state index in [2.05, 4.69) is 10.6 Å². The van der Waals surface area contributed by atoms with Gasteiger partial charge in [0.15, 0.2) is 0 Å². The van der Waals surface area contributed by atoms with Crippen LogP contribution in [0.25, 0.3) is 6.08 Å². The van der Waals surface area contributed by atoms with E-state index in [4.69, 9.17) is 4.74 Å². The molecule has 0 saturated heterocycles. The number of ether oxygens (including phenoxy) is 1. The maximum Gasteiger partial charge on any atom is 0.270 e. The third kappa shape index (κ3) is 6.46. The van der Waals surface area contributed by atoms with E-state index in [9.17, 15) is 19.7 Å². The highest BCUT2D eigenvalue weighted by Gasteiger charge is 2.15. The van der Waals surface area contributed by atoms with Gasteiger partial charge < -0.3 is 15.4 Å². The van der Waals surface area contributed by atoms with E-state index in [0.29, 0.717) is 23.4 Å². The second-order valence-corrected chi connectivity index (χ2v) is 6.20. The fraction of sp³-hybridized carbons (Fsp3) is 0.238. The molecule has 2 aromatic carbocycles. The number of nitro benzene ring substituents is 1. The fourth-order valence-corrected chi connectivity index (χ4v) is 2.46. The van der Waals surface area contributed by atoms with Crippen LogP contribution in [0.1, 0.15) is 35.7 Å². The Hall–Kier alpha value is -3.68. The molecule has 29 heavy (non-hydrogen) atoms. The second kappa shape index (κ2) is 10.6. The maximum absolute atomic E-state index is 12.6. The van der Waals surface area contributed by atoms with Crippen molar-refractivity contribution >= 4 is 23.6 Å². The molecule has 8 heteroatoms. The molecule has 8 nitrogen and oxygen atoms in total. The van der Waals surface area contributed by atoms with Crippen LogP contribution in [0.3, 0.4) is 0 Å². The Bertz CT molecular complexity index is 907. The lowest BCUT2D eigenvalue weighted by Crippen LogP contribution is -2.35. The van der Waals surface area contributed by atoms with Crippen molar-refractivity contribution < 1.29 is 19.2 Å². The molecule has 0 aromatic heterocycles. The lowest BCUT2D eigenvalue weighted by molar-refractivity contribution is -0.384. The Balaban J connectivity index is 2.28. The van der Waals surface area contributed by atoms with E-state index in [1.54, 1.807) is 30.3 Å². The number of amides is 2. The Kier molecular flexibility index (Phi) is 7.90. The lowest BCUT2D eigenvalue weighted by atomic mass is 10.1. The first kappa shape index (κ1) is 21.6. The van der Waals surface area contributed by atoms with Crippen LogP contribution >= 0.6 is 0 Å². The van der Waals surface area contributed by atoms with Crippen molar-refractivity contribution in [1.29, 1.82) is 0 Å². The largest absolute Gasteiger partial charge is 0.497 e. The number of methoxy groups -OCH3 is 1. The number of non-ortho nitro benzene ring substituents is 1. The van der Waals surface area contributed by atoms with Crippen molar-refractivity contribution in [2.45, 2.75) is 19.8 Å². The summed E-state index contributed by atoms with van der Waals surface area (Å²) in [5, 5.41) is 16.3. The molecule has 2 aromatic rings. The molecule has 0 unspecified atom stereocenters. The lowest BCUT2D eigenvalue weighted by Gasteiger charge is -2.11. The predicted molar refractivity (Wildman–Crippen MR) is 109 cm³/mol. The average Bonchev–Trinajstić information content (AvgIpc) is 2.73. The second-order valence-electron chi connectivity index (χ2n) is 6.20. The fourth-order valence-electron chi connectivity index (χ4n) is 2.46. The summed E-state index contributed by atoms with van der Waals surface area (Å²) >= 11 is 0. The molecule has 2 rings (SSSR count). The Labute approximate surface area is 168 Å². The minimum atomic E-state index is -0.520. The molecule has 152 valence electrons. The number of carbonyl (C=O) groups excluding carboxylic acids is 2. The van der Waals surface area contributed by atoms with Crippen LogP contribution in [0.5, 0.6) is 5.75 Å². The third-order valence-corrected chi connectivity index (χ3v) is 4.05. The van der Waals surface area contributed by atoms with Crippen LogP contribution in [0.15, 0.2) is 54.2 Å². The van der Waals surface area contributed by atoms with Gasteiger partial charge in [0.1, 0.15) is 11.4 Å². The van der Waals surface area contributed by atoms with E-state index in [0.717, 1.165) is 12.8 Å². The number of nitrogens with one attached hydrogen (secondary N) is 2. The molecule has 0 radical (unpaired) electrons. The summed E-state index contributed by atoms with van der Waals surface area (Å²) in [4.78, 5) is 35.6. The van der Waals surface area contributed by atoms with Crippen LogP contribution in [-0.2, 0) is 4.79 Å². The number of nitrogens with zero attached hydrogens (tertiary/aromatic N) is 1. The van der Waals surface area contributed by atoms with Gasteiger partial charge in [0.25, 0.3) is 17.5 Å². The summed E-state index contributed by atoms with van der Waals surface area (Å²) in [6, 6.07) is 12.3. The summed E-state index contributed by atoms with van der Waals surface area (Å²) in [6.45, 7) is 2.46. The minimum Gasteiger partial charge on any atom is -0.497 e. The normalized spacial score (nSPS) is 10.9. The molecule has 0 aliphatic carbocycles. The zero-order valence-corrected chi connectivity index (χ0v) is 16.3. The minimum absolute atomic E-state index is 0.00224. The number of benzene rings is 2. The van der Waals surface area contributed by atoms with Gasteiger partial charge in [-0.1, -0.05) is 25.5 Å². The molecule has 0 atom stereocenters. The maximum atomic E-state index is 12.6. The van der Waals surface area contributed by atoms with Crippen molar-refractivity contribution in [2.75, 3.05) is 13.7 Å². The first-order valence-corrected chi connectivity index (χ1v) is 9.14. The molecule has 0 fully saturated rings. The topological polar surface area (TPSA) is 111 Å². The Morgan fingerprint density at radius 3 is 2.52 bits per heavy atom. The van der Waals surface area contributed by atoms with E-state index in [1.807, 2.05) is 6.92 Å². The van der Waals surface area contributed by atoms with Crippen LogP contribution in [0.2, 0.25) is 0 Å². The van der Waals surface area contributed by atoms with Gasteiger partial charge in [-0.15, -0.1) is 0 Å². The van der Waals surface area contributed by atoms with Crippen molar-refractivity contribution in [3.05, 3.63) is 75.5 Å². The number of rotatable bonds is 9.